The number of methoxy groups -OCH3 is 1. The van der Waals surface area contributed by atoms with Crippen LogP contribution in [0.3, 0.4) is 0 Å². The number of hydrogen-bond donors (Lipinski definition) is 1. The molecule has 0 spiro atoms. The Morgan fingerprint density at radius 1 is 1.43 bits per heavy atom. The monoisotopic (exact) mass is 352 g/mol. The molecule has 0 radical (unpaired) electrons. The van der Waals surface area contributed by atoms with Crippen molar-refractivity contribution in [1.82, 2.24) is 10.2 Å². The van der Waals surface area contributed by atoms with E-state index in [1.807, 2.05) is 12.1 Å². The molecule has 0 saturated carbocycles. The summed E-state index contributed by atoms with van der Waals surface area (Å²) in [6.07, 6.45) is 2.75. The highest BCUT2D eigenvalue weighted by Gasteiger charge is 2.33. The maximum absolute atomic E-state index is 11.5. The summed E-state index contributed by atoms with van der Waals surface area (Å²) in [5.74, 6) is 1.72. The second-order valence-electron chi connectivity index (χ2n) is 5.95. The molecule has 5 heteroatoms. The van der Waals surface area contributed by atoms with Crippen LogP contribution >= 0.6 is 15.9 Å². The van der Waals surface area contributed by atoms with Crippen molar-refractivity contribution in [3.63, 3.8) is 0 Å². The van der Waals surface area contributed by atoms with Gasteiger partial charge >= 0.3 is 0 Å². The van der Waals surface area contributed by atoms with Crippen LogP contribution in [0.1, 0.15) is 24.8 Å². The lowest BCUT2D eigenvalue weighted by Crippen LogP contribution is -2.53. The van der Waals surface area contributed by atoms with Gasteiger partial charge in [0.05, 0.1) is 7.11 Å². The van der Waals surface area contributed by atoms with Crippen LogP contribution in [0.15, 0.2) is 22.7 Å². The lowest BCUT2D eigenvalue weighted by Gasteiger charge is -2.41. The second kappa shape index (κ2) is 6.36. The van der Waals surface area contributed by atoms with Gasteiger partial charge in [-0.1, -0.05) is 15.9 Å². The van der Waals surface area contributed by atoms with Crippen molar-refractivity contribution in [3.8, 4) is 5.75 Å². The van der Waals surface area contributed by atoms with Gasteiger partial charge in [0.2, 0.25) is 5.91 Å². The molecule has 1 N–H and O–H groups in total. The van der Waals surface area contributed by atoms with E-state index in [2.05, 4.69) is 32.2 Å². The van der Waals surface area contributed by atoms with E-state index < -0.39 is 0 Å². The fraction of sp³-hybridized carbons (Fsp3) is 0.562. The lowest BCUT2D eigenvalue weighted by atomic mass is 9.85. The van der Waals surface area contributed by atoms with Crippen LogP contribution in [0.5, 0.6) is 5.75 Å². The molecule has 1 aromatic rings. The highest BCUT2D eigenvalue weighted by molar-refractivity contribution is 9.10. The van der Waals surface area contributed by atoms with Crippen molar-refractivity contribution in [2.45, 2.75) is 31.8 Å². The molecule has 114 valence electrons. The number of amides is 1. The third-order valence-corrected chi connectivity index (χ3v) is 5.33. The SMILES string of the molecule is COc1ccc(Br)c(CN2CCC3NC(=O)CCC3C2)c1. The molecule has 2 saturated heterocycles. The number of benzene rings is 1. The fourth-order valence-electron chi connectivity index (χ4n) is 3.37. The molecule has 2 unspecified atom stereocenters. The minimum absolute atomic E-state index is 0.222. The van der Waals surface area contributed by atoms with E-state index in [9.17, 15) is 4.79 Å². The van der Waals surface area contributed by atoms with Gasteiger partial charge in [-0.25, -0.2) is 0 Å². The third kappa shape index (κ3) is 3.40. The van der Waals surface area contributed by atoms with Crippen molar-refractivity contribution in [2.75, 3.05) is 20.2 Å². The van der Waals surface area contributed by atoms with Gasteiger partial charge in [0.15, 0.2) is 0 Å². The molecule has 2 atom stereocenters. The highest BCUT2D eigenvalue weighted by Crippen LogP contribution is 2.29. The number of nitrogens with one attached hydrogen (secondary N) is 1. The number of hydrogen-bond acceptors (Lipinski definition) is 3. The maximum atomic E-state index is 11.5. The van der Waals surface area contributed by atoms with Gasteiger partial charge in [0, 0.05) is 36.6 Å². The molecule has 2 heterocycles. The number of piperidine rings is 2. The predicted molar refractivity (Wildman–Crippen MR) is 85.2 cm³/mol. The van der Waals surface area contributed by atoms with Gasteiger partial charge in [-0.15, -0.1) is 0 Å². The van der Waals surface area contributed by atoms with Gasteiger partial charge in [0.1, 0.15) is 5.75 Å². The van der Waals surface area contributed by atoms with E-state index in [1.54, 1.807) is 7.11 Å². The zero-order valence-electron chi connectivity index (χ0n) is 12.3. The van der Waals surface area contributed by atoms with Crippen LogP contribution in [-0.2, 0) is 11.3 Å². The topological polar surface area (TPSA) is 41.6 Å². The van der Waals surface area contributed by atoms with Crippen LogP contribution in [0.25, 0.3) is 0 Å². The van der Waals surface area contributed by atoms with Gasteiger partial charge < -0.3 is 10.1 Å². The van der Waals surface area contributed by atoms with E-state index in [4.69, 9.17) is 4.74 Å². The number of ether oxygens (including phenoxy) is 1. The smallest absolute Gasteiger partial charge is 0.220 e. The summed E-state index contributed by atoms with van der Waals surface area (Å²) < 4.78 is 6.44. The van der Waals surface area contributed by atoms with Crippen molar-refractivity contribution in [2.24, 2.45) is 5.92 Å². The Hall–Kier alpha value is -1.07. The first-order valence-electron chi connectivity index (χ1n) is 7.50. The Morgan fingerprint density at radius 3 is 3.10 bits per heavy atom. The molecule has 3 rings (SSSR count). The number of likely N-dealkylation sites (tertiary alicyclic amines) is 1. The number of fused-ring (bicyclic) bond motifs is 1. The summed E-state index contributed by atoms with van der Waals surface area (Å²) in [5, 5.41) is 3.14. The Bertz CT molecular complexity index is 535. The van der Waals surface area contributed by atoms with E-state index >= 15 is 0 Å². The molecular weight excluding hydrogens is 332 g/mol. The summed E-state index contributed by atoms with van der Waals surface area (Å²) in [6.45, 7) is 3.02. The number of nitrogens with zero attached hydrogens (tertiary/aromatic N) is 1. The minimum atomic E-state index is 0.222. The molecule has 2 fully saturated rings. The van der Waals surface area contributed by atoms with Crippen LogP contribution in [0, 0.1) is 5.92 Å². The number of carbonyl (C=O) groups is 1. The van der Waals surface area contributed by atoms with Crippen LogP contribution in [0.2, 0.25) is 0 Å². The first-order chi connectivity index (χ1) is 10.2. The van der Waals surface area contributed by atoms with E-state index in [0.717, 1.165) is 42.7 Å². The first kappa shape index (κ1) is 14.9. The third-order valence-electron chi connectivity index (χ3n) is 4.55. The Balaban J connectivity index is 1.65. The maximum Gasteiger partial charge on any atom is 0.220 e. The van der Waals surface area contributed by atoms with Gasteiger partial charge in [-0.05, 0) is 42.5 Å². The average Bonchev–Trinajstić information content (AvgIpc) is 2.49. The highest BCUT2D eigenvalue weighted by atomic mass is 79.9. The quantitative estimate of drug-likeness (QED) is 0.908. The van der Waals surface area contributed by atoms with Crippen LogP contribution < -0.4 is 10.1 Å². The molecule has 0 aliphatic carbocycles. The Kier molecular flexibility index (Phi) is 4.50. The van der Waals surface area contributed by atoms with Crippen molar-refractivity contribution in [3.05, 3.63) is 28.2 Å². The molecular formula is C16H21BrN2O2. The molecule has 0 bridgehead atoms. The van der Waals surface area contributed by atoms with Crippen molar-refractivity contribution in [1.29, 1.82) is 0 Å². The minimum Gasteiger partial charge on any atom is -0.497 e. The Morgan fingerprint density at radius 2 is 2.29 bits per heavy atom. The zero-order chi connectivity index (χ0) is 14.8. The summed E-state index contributed by atoms with van der Waals surface area (Å²) in [4.78, 5) is 13.9. The zero-order valence-corrected chi connectivity index (χ0v) is 13.9. The first-order valence-corrected chi connectivity index (χ1v) is 8.29. The van der Waals surface area contributed by atoms with Gasteiger partial charge in [-0.2, -0.15) is 0 Å². The molecule has 1 aromatic carbocycles. The summed E-state index contributed by atoms with van der Waals surface area (Å²) >= 11 is 3.62. The predicted octanol–water partition coefficient (Wildman–Crippen LogP) is 2.56. The van der Waals surface area contributed by atoms with Gasteiger partial charge in [0.25, 0.3) is 0 Å². The van der Waals surface area contributed by atoms with E-state index in [0.29, 0.717) is 18.4 Å². The number of halogens is 1. The molecule has 2 aliphatic rings. The van der Waals surface area contributed by atoms with Crippen LogP contribution in [-0.4, -0.2) is 37.0 Å². The van der Waals surface area contributed by atoms with E-state index in [1.165, 1.54) is 5.56 Å². The molecule has 2 aliphatic heterocycles. The van der Waals surface area contributed by atoms with Crippen molar-refractivity contribution >= 4 is 21.8 Å². The second-order valence-corrected chi connectivity index (χ2v) is 6.81. The number of carbonyl (C=O) groups excluding carboxylic acids is 1. The lowest BCUT2D eigenvalue weighted by molar-refractivity contribution is -0.125. The fourth-order valence-corrected chi connectivity index (χ4v) is 3.74. The average molecular weight is 353 g/mol. The molecule has 4 nitrogen and oxygen atoms in total. The van der Waals surface area contributed by atoms with E-state index in [-0.39, 0.29) is 5.91 Å². The van der Waals surface area contributed by atoms with Crippen LogP contribution in [0.4, 0.5) is 0 Å². The standard InChI is InChI=1S/C16H21BrN2O2/c1-21-13-3-4-14(17)12(8-13)10-19-7-6-15-11(9-19)2-5-16(20)18-15/h3-4,8,11,15H,2,5-7,9-10H2,1H3,(H,18,20). The van der Waals surface area contributed by atoms with Crippen molar-refractivity contribution < 1.29 is 9.53 Å². The Labute approximate surface area is 134 Å². The molecule has 21 heavy (non-hydrogen) atoms. The molecule has 0 aromatic heterocycles. The molecule has 1 amide bonds. The summed E-state index contributed by atoms with van der Waals surface area (Å²) in [6, 6.07) is 6.49. The largest absolute Gasteiger partial charge is 0.497 e. The summed E-state index contributed by atoms with van der Waals surface area (Å²) in [7, 11) is 1.70. The number of rotatable bonds is 3. The summed E-state index contributed by atoms with van der Waals surface area (Å²) in [5.41, 5.74) is 1.26. The normalized spacial score (nSPS) is 26.1. The van der Waals surface area contributed by atoms with Gasteiger partial charge in [-0.3, -0.25) is 9.69 Å².